The van der Waals surface area contributed by atoms with Gasteiger partial charge < -0.3 is 14.7 Å². The molecule has 1 amide bonds. The van der Waals surface area contributed by atoms with Gasteiger partial charge in [0.2, 0.25) is 0 Å². The third kappa shape index (κ3) is 3.86. The number of ether oxygens (including phenoxy) is 1. The lowest BCUT2D eigenvalue weighted by molar-refractivity contribution is 0.0165. The molecule has 1 aliphatic heterocycles. The normalized spacial score (nSPS) is 22.0. The van der Waals surface area contributed by atoms with Crippen LogP contribution in [-0.2, 0) is 4.74 Å². The van der Waals surface area contributed by atoms with Crippen LogP contribution in [0.1, 0.15) is 38.7 Å². The van der Waals surface area contributed by atoms with Crippen molar-refractivity contribution in [3.8, 4) is 0 Å². The molecule has 1 saturated heterocycles. The molecule has 122 valence electrons. The van der Waals surface area contributed by atoms with E-state index in [4.69, 9.17) is 27.9 Å². The number of benzene rings is 1. The van der Waals surface area contributed by atoms with E-state index in [0.717, 1.165) is 12.0 Å². The Morgan fingerprint density at radius 3 is 2.59 bits per heavy atom. The zero-order valence-corrected chi connectivity index (χ0v) is 14.5. The van der Waals surface area contributed by atoms with Crippen LogP contribution in [0.4, 0.5) is 4.79 Å². The third-order valence-corrected chi connectivity index (χ3v) is 4.47. The van der Waals surface area contributed by atoms with Crippen molar-refractivity contribution < 1.29 is 14.6 Å². The second-order valence-corrected chi connectivity index (χ2v) is 7.31. The van der Waals surface area contributed by atoms with Crippen LogP contribution < -0.4 is 0 Å². The molecule has 22 heavy (non-hydrogen) atoms. The maximum absolute atomic E-state index is 12.3. The van der Waals surface area contributed by atoms with Gasteiger partial charge in [-0.15, -0.1) is 0 Å². The Bertz CT molecular complexity index is 557. The van der Waals surface area contributed by atoms with Crippen LogP contribution in [0.25, 0.3) is 0 Å². The molecule has 2 atom stereocenters. The summed E-state index contributed by atoms with van der Waals surface area (Å²) in [5, 5.41) is 10.7. The summed E-state index contributed by atoms with van der Waals surface area (Å²) in [5.74, 6) is 0.0206. The summed E-state index contributed by atoms with van der Waals surface area (Å²) >= 11 is 12.0. The fraction of sp³-hybridized carbons (Fsp3) is 0.562. The van der Waals surface area contributed by atoms with E-state index in [0.29, 0.717) is 16.6 Å². The Balaban J connectivity index is 2.18. The average molecular weight is 346 g/mol. The van der Waals surface area contributed by atoms with E-state index >= 15 is 0 Å². The number of carbonyl (C=O) groups excluding carboxylic acids is 1. The highest BCUT2D eigenvalue weighted by atomic mass is 35.5. The van der Waals surface area contributed by atoms with Crippen molar-refractivity contribution in [3.05, 3.63) is 33.8 Å². The van der Waals surface area contributed by atoms with Crippen molar-refractivity contribution in [2.24, 2.45) is 0 Å². The van der Waals surface area contributed by atoms with Gasteiger partial charge in [-0.25, -0.2) is 4.79 Å². The van der Waals surface area contributed by atoms with E-state index in [-0.39, 0.29) is 18.6 Å². The fourth-order valence-corrected chi connectivity index (χ4v) is 3.06. The second kappa shape index (κ2) is 6.65. The van der Waals surface area contributed by atoms with E-state index in [1.165, 1.54) is 0 Å². The summed E-state index contributed by atoms with van der Waals surface area (Å²) in [7, 11) is 0. The molecule has 1 aromatic carbocycles. The lowest BCUT2D eigenvalue weighted by Crippen LogP contribution is -2.42. The fourth-order valence-electron chi connectivity index (χ4n) is 2.76. The summed E-state index contributed by atoms with van der Waals surface area (Å²) in [6.07, 6.45) is 0.358. The Morgan fingerprint density at radius 2 is 2.05 bits per heavy atom. The van der Waals surface area contributed by atoms with Gasteiger partial charge in [0.25, 0.3) is 0 Å². The first-order chi connectivity index (χ1) is 10.2. The summed E-state index contributed by atoms with van der Waals surface area (Å²) < 4.78 is 5.41. The predicted molar refractivity (Wildman–Crippen MR) is 87.6 cm³/mol. The molecule has 1 aromatic rings. The first-order valence-corrected chi connectivity index (χ1v) is 8.04. The van der Waals surface area contributed by atoms with Crippen molar-refractivity contribution in [2.45, 2.75) is 44.8 Å². The number of halogens is 2. The molecule has 0 unspecified atom stereocenters. The molecule has 0 spiro atoms. The Labute approximate surface area is 141 Å². The van der Waals surface area contributed by atoms with Crippen LogP contribution >= 0.6 is 23.2 Å². The lowest BCUT2D eigenvalue weighted by Gasteiger charge is -2.29. The number of carbonyl (C=O) groups is 1. The molecule has 6 heteroatoms. The van der Waals surface area contributed by atoms with Gasteiger partial charge in [0.15, 0.2) is 0 Å². The van der Waals surface area contributed by atoms with Gasteiger partial charge in [-0.3, -0.25) is 0 Å². The van der Waals surface area contributed by atoms with Gasteiger partial charge in [-0.1, -0.05) is 29.3 Å². The van der Waals surface area contributed by atoms with Gasteiger partial charge in [0.1, 0.15) is 5.60 Å². The Kier molecular flexibility index (Phi) is 5.25. The molecule has 0 saturated carbocycles. The van der Waals surface area contributed by atoms with Gasteiger partial charge in [-0.2, -0.15) is 0 Å². The molecule has 4 nitrogen and oxygen atoms in total. The van der Waals surface area contributed by atoms with Gasteiger partial charge in [0.05, 0.1) is 22.7 Å². The van der Waals surface area contributed by atoms with Gasteiger partial charge in [-0.05, 0) is 44.9 Å². The molecule has 1 heterocycles. The quantitative estimate of drug-likeness (QED) is 0.878. The van der Waals surface area contributed by atoms with Gasteiger partial charge in [0, 0.05) is 12.5 Å². The predicted octanol–water partition coefficient (Wildman–Crippen LogP) is 4.08. The molecule has 1 aliphatic rings. The maximum atomic E-state index is 12.3. The van der Waals surface area contributed by atoms with Crippen molar-refractivity contribution >= 4 is 29.3 Å². The molecule has 0 radical (unpaired) electrons. The Morgan fingerprint density at radius 1 is 1.36 bits per heavy atom. The average Bonchev–Trinajstić information content (AvgIpc) is 2.83. The van der Waals surface area contributed by atoms with Crippen LogP contribution in [0.3, 0.4) is 0 Å². The topological polar surface area (TPSA) is 49.8 Å². The molecule has 1 fully saturated rings. The van der Waals surface area contributed by atoms with E-state index in [1.807, 2.05) is 26.8 Å². The first-order valence-electron chi connectivity index (χ1n) is 7.28. The molecule has 0 aromatic heterocycles. The number of rotatable bonds is 2. The van der Waals surface area contributed by atoms with Crippen LogP contribution in [-0.4, -0.2) is 40.9 Å². The van der Waals surface area contributed by atoms with Crippen LogP contribution in [0.5, 0.6) is 0 Å². The number of likely N-dealkylation sites (tertiary alicyclic amines) is 1. The molecular weight excluding hydrogens is 325 g/mol. The summed E-state index contributed by atoms with van der Waals surface area (Å²) in [5.41, 5.74) is 0.415. The first kappa shape index (κ1) is 17.4. The molecule has 0 bridgehead atoms. The van der Waals surface area contributed by atoms with E-state index in [9.17, 15) is 9.90 Å². The molecule has 0 aliphatic carbocycles. The minimum atomic E-state index is -0.557. The summed E-state index contributed by atoms with van der Waals surface area (Å²) in [6, 6.07) is 5.12. The molecular formula is C16H21Cl2NO3. The number of aliphatic hydroxyl groups excluding tert-OH is 1. The molecule has 2 rings (SSSR count). The highest BCUT2D eigenvalue weighted by molar-refractivity contribution is 6.42. The third-order valence-electron chi connectivity index (χ3n) is 3.73. The zero-order chi connectivity index (χ0) is 16.5. The largest absolute Gasteiger partial charge is 0.444 e. The monoisotopic (exact) mass is 345 g/mol. The highest BCUT2D eigenvalue weighted by Gasteiger charge is 2.39. The zero-order valence-electron chi connectivity index (χ0n) is 13.0. The number of aliphatic hydroxyl groups is 1. The number of hydrogen-bond acceptors (Lipinski definition) is 3. The minimum absolute atomic E-state index is 0.0206. The van der Waals surface area contributed by atoms with Crippen LogP contribution in [0.2, 0.25) is 10.0 Å². The molecule has 1 N–H and O–H groups in total. The number of amides is 1. The van der Waals surface area contributed by atoms with Crippen molar-refractivity contribution in [2.75, 3.05) is 13.2 Å². The SMILES string of the molecule is CC(C)(C)OC(=O)N1CC[C@H](c2ccc(Cl)c(Cl)c2)[C@@H]1CO. The Hall–Kier alpha value is -0.970. The maximum Gasteiger partial charge on any atom is 0.410 e. The van der Waals surface area contributed by atoms with Crippen molar-refractivity contribution in [1.82, 2.24) is 4.90 Å². The highest BCUT2D eigenvalue weighted by Crippen LogP contribution is 2.36. The van der Waals surface area contributed by atoms with E-state index < -0.39 is 11.7 Å². The summed E-state index contributed by atoms with van der Waals surface area (Å²) in [4.78, 5) is 13.9. The smallest absolute Gasteiger partial charge is 0.410 e. The standard InChI is InChI=1S/C16H21Cl2NO3/c1-16(2,3)22-15(21)19-7-6-11(14(19)9-20)10-4-5-12(17)13(18)8-10/h4-5,8,11,14,20H,6-7,9H2,1-3H3/t11-,14+/m1/s1. The van der Waals surface area contributed by atoms with E-state index in [1.54, 1.807) is 17.0 Å². The number of nitrogens with zero attached hydrogens (tertiary/aromatic N) is 1. The lowest BCUT2D eigenvalue weighted by atomic mass is 9.92. The summed E-state index contributed by atoms with van der Waals surface area (Å²) in [6.45, 7) is 5.90. The van der Waals surface area contributed by atoms with Crippen LogP contribution in [0, 0.1) is 0 Å². The van der Waals surface area contributed by atoms with Crippen molar-refractivity contribution in [3.63, 3.8) is 0 Å². The van der Waals surface area contributed by atoms with Gasteiger partial charge >= 0.3 is 6.09 Å². The minimum Gasteiger partial charge on any atom is -0.444 e. The number of hydrogen-bond donors (Lipinski definition) is 1. The van der Waals surface area contributed by atoms with Crippen molar-refractivity contribution in [1.29, 1.82) is 0 Å². The van der Waals surface area contributed by atoms with E-state index in [2.05, 4.69) is 0 Å². The van der Waals surface area contributed by atoms with Crippen LogP contribution in [0.15, 0.2) is 18.2 Å². The second-order valence-electron chi connectivity index (χ2n) is 6.49.